The van der Waals surface area contributed by atoms with Crippen LogP contribution in [0, 0.1) is 0 Å². The van der Waals surface area contributed by atoms with E-state index in [1.165, 1.54) is 23.7 Å². The molecule has 0 radical (unpaired) electrons. The van der Waals surface area contributed by atoms with E-state index in [-0.39, 0.29) is 24.2 Å². The van der Waals surface area contributed by atoms with E-state index in [9.17, 15) is 9.59 Å². The second kappa shape index (κ2) is 7.35. The fourth-order valence-corrected chi connectivity index (χ4v) is 3.21. The molecule has 0 atom stereocenters. The maximum Gasteiger partial charge on any atom is 0.272 e. The van der Waals surface area contributed by atoms with Crippen molar-refractivity contribution >= 4 is 33.4 Å². The van der Waals surface area contributed by atoms with Gasteiger partial charge in [0.2, 0.25) is 5.91 Å². The summed E-state index contributed by atoms with van der Waals surface area (Å²) in [6.07, 6.45) is 2.96. The van der Waals surface area contributed by atoms with Gasteiger partial charge >= 0.3 is 0 Å². The molecular weight excluding hydrogens is 338 g/mol. The Hall–Kier alpha value is -2.87. The smallest absolute Gasteiger partial charge is 0.272 e. The first-order chi connectivity index (χ1) is 12.0. The number of thiazole rings is 1. The summed E-state index contributed by atoms with van der Waals surface area (Å²) in [4.78, 5) is 37.0. The fourth-order valence-electron chi connectivity index (χ4n) is 2.25. The second-order valence-electron chi connectivity index (χ2n) is 5.65. The summed E-state index contributed by atoms with van der Waals surface area (Å²) in [5.74, 6) is -0.713. The van der Waals surface area contributed by atoms with Crippen LogP contribution < -0.4 is 10.6 Å². The van der Waals surface area contributed by atoms with Crippen molar-refractivity contribution < 1.29 is 9.59 Å². The SMILES string of the molecule is CC(C)NC(=O)CNC(=O)c1nccnc1-c1nc2ccccc2s1. The summed E-state index contributed by atoms with van der Waals surface area (Å²) < 4.78 is 1.01. The minimum Gasteiger partial charge on any atom is -0.352 e. The number of carbonyl (C=O) groups excluding carboxylic acids is 2. The van der Waals surface area contributed by atoms with Gasteiger partial charge in [-0.2, -0.15) is 0 Å². The van der Waals surface area contributed by atoms with Gasteiger partial charge in [-0.3, -0.25) is 9.59 Å². The predicted molar refractivity (Wildman–Crippen MR) is 96.3 cm³/mol. The first-order valence-corrected chi connectivity index (χ1v) is 8.60. The molecule has 0 aliphatic rings. The van der Waals surface area contributed by atoms with Crippen molar-refractivity contribution in [2.45, 2.75) is 19.9 Å². The van der Waals surface area contributed by atoms with Gasteiger partial charge in [-0.05, 0) is 26.0 Å². The highest BCUT2D eigenvalue weighted by Crippen LogP contribution is 2.29. The molecule has 2 aromatic heterocycles. The van der Waals surface area contributed by atoms with E-state index in [1.807, 2.05) is 38.1 Å². The lowest BCUT2D eigenvalue weighted by atomic mass is 10.3. The number of hydrogen-bond acceptors (Lipinski definition) is 6. The van der Waals surface area contributed by atoms with Gasteiger partial charge in [0.1, 0.15) is 10.7 Å². The first-order valence-electron chi connectivity index (χ1n) is 7.79. The van der Waals surface area contributed by atoms with E-state index < -0.39 is 5.91 Å². The van der Waals surface area contributed by atoms with Crippen LogP contribution in [-0.2, 0) is 4.79 Å². The highest BCUT2D eigenvalue weighted by molar-refractivity contribution is 7.21. The van der Waals surface area contributed by atoms with Crippen LogP contribution in [-0.4, -0.2) is 39.4 Å². The number of aromatic nitrogens is 3. The third-order valence-corrected chi connectivity index (χ3v) is 4.31. The molecule has 2 amide bonds. The van der Waals surface area contributed by atoms with Crippen LogP contribution >= 0.6 is 11.3 Å². The third-order valence-electron chi connectivity index (χ3n) is 3.27. The Morgan fingerprint density at radius 2 is 1.92 bits per heavy atom. The molecule has 2 N–H and O–H groups in total. The van der Waals surface area contributed by atoms with Gasteiger partial charge in [0.15, 0.2) is 5.69 Å². The van der Waals surface area contributed by atoms with Crippen LogP contribution in [0.5, 0.6) is 0 Å². The van der Waals surface area contributed by atoms with Crippen LogP contribution in [0.2, 0.25) is 0 Å². The summed E-state index contributed by atoms with van der Waals surface area (Å²) in [6, 6.07) is 7.72. The predicted octanol–water partition coefficient (Wildman–Crippen LogP) is 2.01. The fraction of sp³-hybridized carbons (Fsp3) is 0.235. The van der Waals surface area contributed by atoms with Crippen molar-refractivity contribution in [2.24, 2.45) is 0 Å². The zero-order valence-corrected chi connectivity index (χ0v) is 14.6. The first kappa shape index (κ1) is 17.0. The van der Waals surface area contributed by atoms with Gasteiger partial charge in [-0.1, -0.05) is 12.1 Å². The number of nitrogens with zero attached hydrogens (tertiary/aromatic N) is 3. The van der Waals surface area contributed by atoms with Gasteiger partial charge in [0, 0.05) is 18.4 Å². The lowest BCUT2D eigenvalue weighted by Gasteiger charge is -2.09. The van der Waals surface area contributed by atoms with Crippen molar-refractivity contribution in [1.29, 1.82) is 0 Å². The second-order valence-corrected chi connectivity index (χ2v) is 6.68. The van der Waals surface area contributed by atoms with Gasteiger partial charge in [0.25, 0.3) is 5.91 Å². The van der Waals surface area contributed by atoms with Gasteiger partial charge in [-0.25, -0.2) is 15.0 Å². The highest BCUT2D eigenvalue weighted by Gasteiger charge is 2.19. The van der Waals surface area contributed by atoms with E-state index in [0.717, 1.165) is 10.2 Å². The van der Waals surface area contributed by atoms with Crippen molar-refractivity contribution in [2.75, 3.05) is 6.54 Å². The average Bonchev–Trinajstić information content (AvgIpc) is 3.03. The largest absolute Gasteiger partial charge is 0.352 e. The molecule has 8 heteroatoms. The van der Waals surface area contributed by atoms with Crippen LogP contribution in [0.1, 0.15) is 24.3 Å². The molecule has 0 aliphatic carbocycles. The number of rotatable bonds is 5. The number of fused-ring (bicyclic) bond motifs is 1. The van der Waals surface area contributed by atoms with E-state index in [4.69, 9.17) is 0 Å². The molecule has 0 saturated heterocycles. The zero-order chi connectivity index (χ0) is 17.8. The summed E-state index contributed by atoms with van der Waals surface area (Å²) >= 11 is 1.44. The van der Waals surface area contributed by atoms with E-state index >= 15 is 0 Å². The third kappa shape index (κ3) is 3.97. The molecule has 128 valence electrons. The molecule has 3 aromatic rings. The quantitative estimate of drug-likeness (QED) is 0.730. The topological polar surface area (TPSA) is 96.9 Å². The molecule has 3 rings (SSSR count). The summed E-state index contributed by atoms with van der Waals surface area (Å²) in [5, 5.41) is 5.90. The maximum atomic E-state index is 12.4. The monoisotopic (exact) mass is 355 g/mol. The minimum absolute atomic E-state index is 0.0132. The molecular formula is C17H17N5O2S. The van der Waals surface area contributed by atoms with E-state index in [2.05, 4.69) is 25.6 Å². The Morgan fingerprint density at radius 3 is 2.68 bits per heavy atom. The van der Waals surface area contributed by atoms with E-state index in [1.54, 1.807) is 0 Å². The Labute approximate surface area is 148 Å². The Morgan fingerprint density at radius 1 is 1.16 bits per heavy atom. The maximum absolute atomic E-state index is 12.4. The van der Waals surface area contributed by atoms with Gasteiger partial charge < -0.3 is 10.6 Å². The number of hydrogen-bond donors (Lipinski definition) is 2. The Balaban J connectivity index is 1.83. The van der Waals surface area contributed by atoms with Crippen molar-refractivity contribution in [3.05, 3.63) is 42.4 Å². The van der Waals surface area contributed by atoms with Crippen LogP contribution in [0.3, 0.4) is 0 Å². The molecule has 1 aromatic carbocycles. The molecule has 0 unspecified atom stereocenters. The molecule has 2 heterocycles. The molecule has 0 fully saturated rings. The standard InChI is InChI=1S/C17H17N5O2S/c1-10(2)21-13(23)9-20-16(24)14-15(19-8-7-18-14)17-22-11-5-3-4-6-12(11)25-17/h3-8,10H,9H2,1-2H3,(H,20,24)(H,21,23). The zero-order valence-electron chi connectivity index (χ0n) is 13.8. The van der Waals surface area contributed by atoms with Crippen molar-refractivity contribution in [3.63, 3.8) is 0 Å². The number of nitrogens with one attached hydrogen (secondary N) is 2. The molecule has 0 saturated carbocycles. The number of benzene rings is 1. The number of para-hydroxylation sites is 1. The van der Waals surface area contributed by atoms with Gasteiger partial charge in [0.05, 0.1) is 16.8 Å². The van der Waals surface area contributed by atoms with Crippen LogP contribution in [0.4, 0.5) is 0 Å². The summed E-state index contributed by atoms with van der Waals surface area (Å²) in [5.41, 5.74) is 1.40. The van der Waals surface area contributed by atoms with Crippen molar-refractivity contribution in [1.82, 2.24) is 25.6 Å². The van der Waals surface area contributed by atoms with Crippen LogP contribution in [0.25, 0.3) is 20.9 Å². The summed E-state index contributed by atoms with van der Waals surface area (Å²) in [6.45, 7) is 3.59. The van der Waals surface area contributed by atoms with Gasteiger partial charge in [-0.15, -0.1) is 11.3 Å². The lowest BCUT2D eigenvalue weighted by Crippen LogP contribution is -2.40. The normalized spacial score (nSPS) is 10.8. The molecule has 25 heavy (non-hydrogen) atoms. The van der Waals surface area contributed by atoms with Crippen molar-refractivity contribution in [3.8, 4) is 10.7 Å². The molecule has 7 nitrogen and oxygen atoms in total. The molecule has 0 aliphatic heterocycles. The minimum atomic E-state index is -0.457. The molecule has 0 bridgehead atoms. The van der Waals surface area contributed by atoms with Crippen LogP contribution in [0.15, 0.2) is 36.7 Å². The number of amides is 2. The lowest BCUT2D eigenvalue weighted by molar-refractivity contribution is -0.120. The summed E-state index contributed by atoms with van der Waals surface area (Å²) in [7, 11) is 0. The highest BCUT2D eigenvalue weighted by atomic mass is 32.1. The molecule has 0 spiro atoms. The van der Waals surface area contributed by atoms with E-state index in [0.29, 0.717) is 10.7 Å². The Kier molecular flexibility index (Phi) is 4.99. The average molecular weight is 355 g/mol. The Bertz CT molecular complexity index is 889. The number of carbonyl (C=O) groups is 2.